The Morgan fingerprint density at radius 2 is 1.82 bits per heavy atom. The fourth-order valence-corrected chi connectivity index (χ4v) is 4.91. The monoisotopic (exact) mass is 448 g/mol. The van der Waals surface area contributed by atoms with E-state index >= 15 is 0 Å². The van der Waals surface area contributed by atoms with Crippen molar-refractivity contribution in [1.82, 2.24) is 19.2 Å². The summed E-state index contributed by atoms with van der Waals surface area (Å²) in [6, 6.07) is 9.58. The van der Waals surface area contributed by atoms with Gasteiger partial charge in [0.1, 0.15) is 12.1 Å². The van der Waals surface area contributed by atoms with Gasteiger partial charge in [-0.25, -0.2) is 4.98 Å². The zero-order valence-corrected chi connectivity index (χ0v) is 19.2. The molecule has 0 amide bonds. The predicted molar refractivity (Wildman–Crippen MR) is 134 cm³/mol. The number of pyridine rings is 1. The van der Waals surface area contributed by atoms with Gasteiger partial charge in [-0.3, -0.25) is 9.20 Å². The van der Waals surface area contributed by atoms with Crippen LogP contribution in [0.4, 0.5) is 5.69 Å². The fourth-order valence-electron chi connectivity index (χ4n) is 4.91. The Morgan fingerprint density at radius 3 is 2.55 bits per heavy atom. The van der Waals surface area contributed by atoms with Crippen LogP contribution in [-0.4, -0.2) is 78.7 Å². The van der Waals surface area contributed by atoms with Crippen LogP contribution < -0.4 is 21.2 Å². The molecule has 8 nitrogen and oxygen atoms in total. The van der Waals surface area contributed by atoms with Gasteiger partial charge in [0.2, 0.25) is 0 Å². The molecule has 0 aliphatic carbocycles. The molecule has 1 saturated heterocycles. The molecule has 0 unspecified atom stereocenters. The minimum absolute atomic E-state index is 0.0126. The van der Waals surface area contributed by atoms with Crippen molar-refractivity contribution in [3.8, 4) is 5.75 Å². The standard InChI is InChI=1S/C25H32N6O2/c1-33-18-4-7-22-19(16-18)25(32)23-20(5-6-21-24(23)31(22)17-28-21)27-9-3-11-30-14-12-29(13-15-30)10-2-8-26/h4-7,16-17,27H,2-3,8-15,26H2,1H3. The Morgan fingerprint density at radius 1 is 1.06 bits per heavy atom. The number of fused-ring (bicyclic) bond motifs is 2. The molecule has 0 atom stereocenters. The number of piperazine rings is 1. The van der Waals surface area contributed by atoms with Gasteiger partial charge in [0.05, 0.1) is 34.4 Å². The van der Waals surface area contributed by atoms with E-state index in [2.05, 4.69) is 20.1 Å². The molecule has 3 heterocycles. The lowest BCUT2D eigenvalue weighted by Gasteiger charge is -2.34. The van der Waals surface area contributed by atoms with Crippen LogP contribution in [0.15, 0.2) is 41.5 Å². The number of nitrogens with zero attached hydrogens (tertiary/aromatic N) is 4. The minimum Gasteiger partial charge on any atom is -0.497 e. The molecular formula is C25H32N6O2. The Hall–Kier alpha value is -2.94. The first kappa shape index (κ1) is 21.9. The van der Waals surface area contributed by atoms with E-state index in [1.807, 2.05) is 34.7 Å². The first-order chi connectivity index (χ1) is 16.2. The topological polar surface area (TPSA) is 88.1 Å². The van der Waals surface area contributed by atoms with Gasteiger partial charge in [0.25, 0.3) is 0 Å². The molecule has 0 saturated carbocycles. The Balaban J connectivity index is 1.31. The molecule has 2 aromatic carbocycles. The van der Waals surface area contributed by atoms with E-state index in [4.69, 9.17) is 10.5 Å². The van der Waals surface area contributed by atoms with E-state index in [1.165, 1.54) is 0 Å². The molecule has 0 radical (unpaired) electrons. The number of ether oxygens (including phenoxy) is 1. The van der Waals surface area contributed by atoms with Crippen LogP contribution in [0, 0.1) is 0 Å². The third kappa shape index (κ3) is 4.21. The van der Waals surface area contributed by atoms with Crippen LogP contribution in [0.2, 0.25) is 0 Å². The Bertz CT molecular complexity index is 1300. The minimum atomic E-state index is 0.0126. The first-order valence-corrected chi connectivity index (χ1v) is 11.8. The molecule has 3 N–H and O–H groups in total. The van der Waals surface area contributed by atoms with Gasteiger partial charge in [-0.05, 0) is 62.8 Å². The van der Waals surface area contributed by atoms with E-state index in [1.54, 1.807) is 13.4 Å². The molecule has 1 aliphatic heterocycles. The molecule has 33 heavy (non-hydrogen) atoms. The molecule has 4 aromatic rings. The summed E-state index contributed by atoms with van der Waals surface area (Å²) in [5.41, 5.74) is 9.06. The van der Waals surface area contributed by atoms with E-state index in [0.717, 1.165) is 87.4 Å². The lowest BCUT2D eigenvalue weighted by Crippen LogP contribution is -2.47. The molecule has 8 heteroatoms. The third-order valence-electron chi connectivity index (χ3n) is 6.75. The van der Waals surface area contributed by atoms with Gasteiger partial charge in [0.15, 0.2) is 5.43 Å². The van der Waals surface area contributed by atoms with Crippen LogP contribution in [0.3, 0.4) is 0 Å². The summed E-state index contributed by atoms with van der Waals surface area (Å²) in [5, 5.41) is 4.86. The lowest BCUT2D eigenvalue weighted by atomic mass is 10.1. The Labute approximate surface area is 193 Å². The molecule has 1 fully saturated rings. The number of methoxy groups -OCH3 is 1. The normalized spacial score (nSPS) is 15.7. The highest BCUT2D eigenvalue weighted by molar-refractivity contribution is 6.07. The number of nitrogens with two attached hydrogens (primary N) is 1. The van der Waals surface area contributed by atoms with Gasteiger partial charge in [-0.15, -0.1) is 0 Å². The van der Waals surface area contributed by atoms with E-state index in [-0.39, 0.29) is 5.43 Å². The van der Waals surface area contributed by atoms with Crippen molar-refractivity contribution in [2.75, 3.05) is 64.8 Å². The summed E-state index contributed by atoms with van der Waals surface area (Å²) in [6.45, 7) is 8.21. The number of anilines is 1. The van der Waals surface area contributed by atoms with Crippen LogP contribution >= 0.6 is 0 Å². The zero-order valence-electron chi connectivity index (χ0n) is 19.2. The fraction of sp³-hybridized carbons (Fsp3) is 0.440. The third-order valence-corrected chi connectivity index (χ3v) is 6.75. The number of rotatable bonds is 9. The van der Waals surface area contributed by atoms with Gasteiger partial charge >= 0.3 is 0 Å². The maximum Gasteiger partial charge on any atom is 0.199 e. The van der Waals surface area contributed by atoms with Crippen molar-refractivity contribution in [3.05, 3.63) is 46.9 Å². The summed E-state index contributed by atoms with van der Waals surface area (Å²) in [7, 11) is 1.62. The van der Waals surface area contributed by atoms with Crippen LogP contribution in [0.5, 0.6) is 5.75 Å². The highest BCUT2D eigenvalue weighted by Gasteiger charge is 2.18. The summed E-state index contributed by atoms with van der Waals surface area (Å²) < 4.78 is 7.37. The van der Waals surface area contributed by atoms with E-state index < -0.39 is 0 Å². The molecule has 174 valence electrons. The summed E-state index contributed by atoms with van der Waals surface area (Å²) in [4.78, 5) is 23.1. The van der Waals surface area contributed by atoms with Crippen molar-refractivity contribution in [3.63, 3.8) is 0 Å². The van der Waals surface area contributed by atoms with Crippen molar-refractivity contribution in [2.45, 2.75) is 12.8 Å². The molecule has 2 aromatic heterocycles. The summed E-state index contributed by atoms with van der Waals surface area (Å²) in [5.74, 6) is 0.676. The van der Waals surface area contributed by atoms with Gasteiger partial charge in [0, 0.05) is 38.4 Å². The quantitative estimate of drug-likeness (QED) is 0.300. The van der Waals surface area contributed by atoms with Crippen molar-refractivity contribution >= 4 is 33.0 Å². The average Bonchev–Trinajstić information content (AvgIpc) is 3.29. The number of hydrogen-bond donors (Lipinski definition) is 2. The van der Waals surface area contributed by atoms with Crippen LogP contribution in [0.25, 0.3) is 27.3 Å². The molecule has 5 rings (SSSR count). The second-order valence-corrected chi connectivity index (χ2v) is 8.79. The zero-order chi connectivity index (χ0) is 22.8. The SMILES string of the molecule is COc1ccc2c(c1)c(=O)c1c(NCCCN3CCN(CCCN)CC3)ccc3ncn2c31. The van der Waals surface area contributed by atoms with Crippen molar-refractivity contribution in [1.29, 1.82) is 0 Å². The summed E-state index contributed by atoms with van der Waals surface area (Å²) in [6.07, 6.45) is 3.90. The first-order valence-electron chi connectivity index (χ1n) is 11.8. The number of nitrogens with one attached hydrogen (secondary N) is 1. The molecule has 0 spiro atoms. The average molecular weight is 449 g/mol. The number of imidazole rings is 1. The number of hydrogen-bond acceptors (Lipinski definition) is 7. The maximum absolute atomic E-state index is 13.5. The second-order valence-electron chi connectivity index (χ2n) is 8.79. The second kappa shape index (κ2) is 9.51. The van der Waals surface area contributed by atoms with Crippen molar-refractivity contribution < 1.29 is 4.74 Å². The van der Waals surface area contributed by atoms with Crippen LogP contribution in [0.1, 0.15) is 12.8 Å². The number of aromatic nitrogens is 2. The van der Waals surface area contributed by atoms with E-state index in [9.17, 15) is 4.79 Å². The smallest absolute Gasteiger partial charge is 0.199 e. The molecular weight excluding hydrogens is 416 g/mol. The maximum atomic E-state index is 13.5. The van der Waals surface area contributed by atoms with E-state index in [0.29, 0.717) is 16.5 Å². The predicted octanol–water partition coefficient (Wildman–Crippen LogP) is 2.22. The molecule has 1 aliphatic rings. The van der Waals surface area contributed by atoms with Gasteiger partial charge in [-0.2, -0.15) is 0 Å². The highest BCUT2D eigenvalue weighted by Crippen LogP contribution is 2.29. The van der Waals surface area contributed by atoms with Crippen molar-refractivity contribution in [2.24, 2.45) is 5.73 Å². The number of benzene rings is 2. The summed E-state index contributed by atoms with van der Waals surface area (Å²) >= 11 is 0. The van der Waals surface area contributed by atoms with Gasteiger partial charge < -0.3 is 25.6 Å². The van der Waals surface area contributed by atoms with Crippen LogP contribution in [-0.2, 0) is 0 Å². The highest BCUT2D eigenvalue weighted by atomic mass is 16.5. The van der Waals surface area contributed by atoms with Gasteiger partial charge in [-0.1, -0.05) is 0 Å². The lowest BCUT2D eigenvalue weighted by molar-refractivity contribution is 0.132. The largest absolute Gasteiger partial charge is 0.497 e. The Kier molecular flexibility index (Phi) is 6.30. The molecule has 0 bridgehead atoms.